The van der Waals surface area contributed by atoms with E-state index in [1.807, 2.05) is 0 Å². The summed E-state index contributed by atoms with van der Waals surface area (Å²) in [5, 5.41) is 0. The molecule has 5 heteroatoms. The fourth-order valence-electron chi connectivity index (χ4n) is 2.75. The molecule has 96 valence electrons. The van der Waals surface area contributed by atoms with Crippen molar-refractivity contribution in [2.45, 2.75) is 32.6 Å². The van der Waals surface area contributed by atoms with Crippen molar-refractivity contribution in [2.24, 2.45) is 11.8 Å². The molecule has 0 aromatic carbocycles. The van der Waals surface area contributed by atoms with Gasteiger partial charge in [0.2, 0.25) is 0 Å². The van der Waals surface area contributed by atoms with Gasteiger partial charge in [0, 0.05) is 17.4 Å². The van der Waals surface area contributed by atoms with Gasteiger partial charge in [-0.25, -0.2) is 17.2 Å². The molecule has 2 bridgehead atoms. The van der Waals surface area contributed by atoms with Crippen LogP contribution in [0.4, 0.5) is 8.78 Å². The topological polar surface area (TPSA) is 34.1 Å². The maximum absolute atomic E-state index is 13.0. The summed E-state index contributed by atoms with van der Waals surface area (Å²) >= 11 is 0. The monoisotopic (exact) mass is 262 g/mol. The van der Waals surface area contributed by atoms with E-state index in [2.05, 4.69) is 0 Å². The van der Waals surface area contributed by atoms with Crippen LogP contribution >= 0.6 is 0 Å². The van der Waals surface area contributed by atoms with Gasteiger partial charge >= 0.3 is 0 Å². The molecule has 0 saturated carbocycles. The summed E-state index contributed by atoms with van der Waals surface area (Å²) in [5.41, 5.74) is -0.141. The van der Waals surface area contributed by atoms with Crippen LogP contribution in [0.5, 0.6) is 0 Å². The number of halogens is 2. The van der Waals surface area contributed by atoms with Gasteiger partial charge in [0.25, 0.3) is 6.43 Å². The summed E-state index contributed by atoms with van der Waals surface area (Å²) in [6.07, 6.45) is 2.64. The number of sulfone groups is 1. The van der Waals surface area contributed by atoms with Crippen molar-refractivity contribution >= 4 is 9.84 Å². The summed E-state index contributed by atoms with van der Waals surface area (Å²) < 4.78 is 50.2. The van der Waals surface area contributed by atoms with Crippen LogP contribution in [0.3, 0.4) is 0 Å². The highest BCUT2D eigenvalue weighted by atomic mass is 32.2. The highest BCUT2D eigenvalue weighted by Crippen LogP contribution is 2.45. The Labute approximate surface area is 100 Å². The minimum Gasteiger partial charge on any atom is -0.224 e. The maximum atomic E-state index is 13.0. The second-order valence-corrected chi connectivity index (χ2v) is 6.69. The molecule has 2 nitrogen and oxygen atoms in total. The number of fused-ring (bicyclic) bond motifs is 1. The third-order valence-electron chi connectivity index (χ3n) is 3.43. The number of hydrogen-bond donors (Lipinski definition) is 0. The average Bonchev–Trinajstić information content (AvgIpc) is 2.29. The Kier molecular flexibility index (Phi) is 3.39. The Hall–Kier alpha value is -0.710. The lowest BCUT2D eigenvalue weighted by Crippen LogP contribution is -2.30. The van der Waals surface area contributed by atoms with Gasteiger partial charge in [0.05, 0.1) is 10.7 Å². The van der Waals surface area contributed by atoms with Crippen molar-refractivity contribution in [1.82, 2.24) is 0 Å². The Morgan fingerprint density at radius 1 is 1.29 bits per heavy atom. The van der Waals surface area contributed by atoms with E-state index in [1.165, 1.54) is 0 Å². The lowest BCUT2D eigenvalue weighted by atomic mass is 9.76. The summed E-state index contributed by atoms with van der Waals surface area (Å²) in [4.78, 5) is 0.0214. The van der Waals surface area contributed by atoms with Crippen LogP contribution in [0.1, 0.15) is 26.2 Å². The van der Waals surface area contributed by atoms with Crippen LogP contribution < -0.4 is 0 Å². The van der Waals surface area contributed by atoms with E-state index >= 15 is 0 Å². The molecular weight excluding hydrogens is 246 g/mol. The van der Waals surface area contributed by atoms with E-state index in [0.717, 1.165) is 0 Å². The first kappa shape index (κ1) is 12.7. The van der Waals surface area contributed by atoms with Gasteiger partial charge in [0.1, 0.15) is 0 Å². The van der Waals surface area contributed by atoms with E-state index in [0.29, 0.717) is 19.3 Å². The number of allylic oxidation sites excluding steroid dienone is 4. The molecule has 0 fully saturated rings. The number of rotatable bonds is 4. The predicted molar refractivity (Wildman–Crippen MR) is 62.5 cm³/mol. The van der Waals surface area contributed by atoms with Crippen molar-refractivity contribution in [1.29, 1.82) is 0 Å². The summed E-state index contributed by atoms with van der Waals surface area (Å²) in [6, 6.07) is 0. The molecule has 3 aliphatic carbocycles. The first-order valence-corrected chi connectivity index (χ1v) is 7.55. The SMILES string of the molecule is CCCS(=O)(=O)C1=C(C(F)F)[C@@H]2C=C[C@H]1CC2. The van der Waals surface area contributed by atoms with Crippen molar-refractivity contribution in [3.63, 3.8) is 0 Å². The van der Waals surface area contributed by atoms with Crippen LogP contribution in [0.25, 0.3) is 0 Å². The molecule has 0 unspecified atom stereocenters. The standard InChI is InChI=1S/C12H16F2O2S/c1-2-7-17(15,16)11-9-5-3-8(4-6-9)10(11)12(13)14/h3,5,8-9,12H,2,4,6-7H2,1H3/t8-,9+/m1/s1. The van der Waals surface area contributed by atoms with Gasteiger partial charge in [-0.15, -0.1) is 0 Å². The van der Waals surface area contributed by atoms with Crippen LogP contribution in [0.2, 0.25) is 0 Å². The van der Waals surface area contributed by atoms with Gasteiger partial charge < -0.3 is 0 Å². The third kappa shape index (κ3) is 2.17. The minimum absolute atomic E-state index is 0.0214. The lowest BCUT2D eigenvalue weighted by Gasteiger charge is -2.35. The quantitative estimate of drug-likeness (QED) is 0.730. The molecule has 0 aromatic rings. The number of hydrogen-bond acceptors (Lipinski definition) is 2. The fraction of sp³-hybridized carbons (Fsp3) is 0.667. The molecule has 0 aromatic heterocycles. The Bertz CT molecular complexity index is 463. The first-order chi connectivity index (χ1) is 7.97. The van der Waals surface area contributed by atoms with Gasteiger partial charge in [-0.1, -0.05) is 19.1 Å². The molecule has 0 aliphatic heterocycles. The first-order valence-electron chi connectivity index (χ1n) is 5.90. The normalized spacial score (nSPS) is 28.2. The highest BCUT2D eigenvalue weighted by Gasteiger charge is 2.40. The molecule has 0 amide bonds. The Morgan fingerprint density at radius 3 is 2.35 bits per heavy atom. The van der Waals surface area contributed by atoms with Gasteiger partial charge in [-0.2, -0.15) is 0 Å². The van der Waals surface area contributed by atoms with Gasteiger partial charge in [0.15, 0.2) is 9.84 Å². The smallest absolute Gasteiger partial charge is 0.224 e. The van der Waals surface area contributed by atoms with E-state index in [-0.39, 0.29) is 28.1 Å². The second-order valence-electron chi connectivity index (χ2n) is 4.61. The molecule has 17 heavy (non-hydrogen) atoms. The van der Waals surface area contributed by atoms with E-state index in [4.69, 9.17) is 0 Å². The fourth-order valence-corrected chi connectivity index (χ4v) is 4.77. The van der Waals surface area contributed by atoms with Crippen LogP contribution in [0, 0.1) is 11.8 Å². The minimum atomic E-state index is -3.51. The van der Waals surface area contributed by atoms with E-state index in [9.17, 15) is 17.2 Å². The summed E-state index contributed by atoms with van der Waals surface area (Å²) in [7, 11) is -3.51. The largest absolute Gasteiger partial charge is 0.261 e. The third-order valence-corrected chi connectivity index (χ3v) is 5.58. The molecule has 0 heterocycles. The summed E-state index contributed by atoms with van der Waals surface area (Å²) in [5.74, 6) is -0.725. The lowest BCUT2D eigenvalue weighted by molar-refractivity contribution is 0.170. The van der Waals surface area contributed by atoms with Gasteiger partial charge in [-0.05, 0) is 19.3 Å². The molecular formula is C12H16F2O2S. The van der Waals surface area contributed by atoms with Crippen molar-refractivity contribution in [3.05, 3.63) is 22.6 Å². The molecule has 0 saturated heterocycles. The van der Waals surface area contributed by atoms with Crippen LogP contribution in [-0.2, 0) is 9.84 Å². The summed E-state index contributed by atoms with van der Waals surface area (Å²) in [6.45, 7) is 1.75. The Balaban J connectivity index is 2.51. The maximum Gasteiger partial charge on any atom is 0.261 e. The predicted octanol–water partition coefficient (Wildman–Crippen LogP) is 2.93. The van der Waals surface area contributed by atoms with Crippen LogP contribution in [0.15, 0.2) is 22.6 Å². The van der Waals surface area contributed by atoms with Crippen molar-refractivity contribution in [3.8, 4) is 0 Å². The zero-order valence-corrected chi connectivity index (χ0v) is 10.5. The molecule has 0 radical (unpaired) electrons. The molecule has 3 aliphatic rings. The Morgan fingerprint density at radius 2 is 1.88 bits per heavy atom. The van der Waals surface area contributed by atoms with Crippen molar-refractivity contribution in [2.75, 3.05) is 5.75 Å². The highest BCUT2D eigenvalue weighted by molar-refractivity contribution is 7.95. The molecule has 2 atom stereocenters. The zero-order chi connectivity index (χ0) is 12.6. The molecule has 0 N–H and O–H groups in total. The number of alkyl halides is 2. The molecule has 0 spiro atoms. The average molecular weight is 262 g/mol. The van der Waals surface area contributed by atoms with Crippen LogP contribution in [-0.4, -0.2) is 20.6 Å². The van der Waals surface area contributed by atoms with E-state index < -0.39 is 16.3 Å². The molecule has 3 rings (SSSR count). The van der Waals surface area contributed by atoms with Gasteiger partial charge in [-0.3, -0.25) is 0 Å². The zero-order valence-electron chi connectivity index (χ0n) is 9.70. The van der Waals surface area contributed by atoms with E-state index in [1.54, 1.807) is 19.1 Å². The van der Waals surface area contributed by atoms with Crippen molar-refractivity contribution < 1.29 is 17.2 Å². The second kappa shape index (κ2) is 4.52.